The Labute approximate surface area is 167 Å². The van der Waals surface area contributed by atoms with Crippen molar-refractivity contribution in [1.82, 2.24) is 4.90 Å². The summed E-state index contributed by atoms with van der Waals surface area (Å²) in [6.07, 6.45) is 1.96. The minimum Gasteiger partial charge on any atom is -0.457 e. The van der Waals surface area contributed by atoms with Gasteiger partial charge in [0.1, 0.15) is 11.5 Å². The highest BCUT2D eigenvalue weighted by atomic mass is 35.5. The van der Waals surface area contributed by atoms with Gasteiger partial charge in [-0.25, -0.2) is 0 Å². The normalized spacial score (nSPS) is 24.6. The molecule has 0 unspecified atom stereocenters. The molecule has 7 heteroatoms. The lowest BCUT2D eigenvalue weighted by molar-refractivity contribution is -0.113. The van der Waals surface area contributed by atoms with Crippen molar-refractivity contribution in [3.63, 3.8) is 0 Å². The Balaban J connectivity index is 1.51. The zero-order valence-electron chi connectivity index (χ0n) is 15.0. The highest BCUT2D eigenvalue weighted by Gasteiger charge is 2.31. The summed E-state index contributed by atoms with van der Waals surface area (Å²) >= 11 is 7.60. The molecule has 3 heterocycles. The lowest BCUT2D eigenvalue weighted by Gasteiger charge is -2.35. The van der Waals surface area contributed by atoms with Gasteiger partial charge in [-0.3, -0.25) is 4.79 Å². The van der Waals surface area contributed by atoms with E-state index in [4.69, 9.17) is 20.8 Å². The van der Waals surface area contributed by atoms with E-state index in [9.17, 15) is 4.79 Å². The number of rotatable bonds is 2. The number of carbonyl (C=O) groups is 1. The molecule has 1 saturated heterocycles. The number of amidine groups is 1. The molecule has 2 aromatic rings. The first-order chi connectivity index (χ1) is 13.0. The van der Waals surface area contributed by atoms with Crippen molar-refractivity contribution in [2.75, 3.05) is 13.1 Å². The topological polar surface area (TPSA) is 55.0 Å². The molecule has 0 saturated carbocycles. The van der Waals surface area contributed by atoms with Gasteiger partial charge in [0.25, 0.3) is 5.91 Å². The third-order valence-corrected chi connectivity index (χ3v) is 5.71. The number of furan rings is 1. The molecule has 0 spiro atoms. The highest BCUT2D eigenvalue weighted by Crippen LogP contribution is 2.34. The van der Waals surface area contributed by atoms with Crippen molar-refractivity contribution in [2.24, 2.45) is 4.99 Å². The minimum atomic E-state index is -0.238. The van der Waals surface area contributed by atoms with Crippen molar-refractivity contribution in [2.45, 2.75) is 26.1 Å². The fourth-order valence-corrected chi connectivity index (χ4v) is 4.37. The molecule has 2 aliphatic heterocycles. The number of halogens is 1. The number of thioether (sulfide) groups is 1. The molecular weight excluding hydrogens is 384 g/mol. The lowest BCUT2D eigenvalue weighted by atomic mass is 10.2. The number of morpholine rings is 1. The predicted octanol–water partition coefficient (Wildman–Crippen LogP) is 4.68. The van der Waals surface area contributed by atoms with E-state index in [1.165, 1.54) is 11.8 Å². The fraction of sp³-hybridized carbons (Fsp3) is 0.300. The van der Waals surface area contributed by atoms with Gasteiger partial charge in [0.05, 0.1) is 22.1 Å². The lowest BCUT2D eigenvalue weighted by Crippen LogP contribution is -2.47. The molecule has 0 N–H and O–H groups in total. The molecule has 1 aromatic carbocycles. The number of ether oxygens (including phenoxy) is 1. The van der Waals surface area contributed by atoms with Gasteiger partial charge in [0.2, 0.25) is 0 Å². The smallest absolute Gasteiger partial charge is 0.286 e. The van der Waals surface area contributed by atoms with Crippen molar-refractivity contribution < 1.29 is 13.9 Å². The van der Waals surface area contributed by atoms with Crippen LogP contribution in [0, 0.1) is 0 Å². The van der Waals surface area contributed by atoms with Gasteiger partial charge in [0.15, 0.2) is 5.17 Å². The minimum absolute atomic E-state index is 0.114. The second-order valence-electron chi connectivity index (χ2n) is 6.65. The van der Waals surface area contributed by atoms with Gasteiger partial charge in [-0.2, -0.15) is 4.99 Å². The number of nitrogens with zero attached hydrogens (tertiary/aromatic N) is 2. The highest BCUT2D eigenvalue weighted by molar-refractivity contribution is 8.18. The molecule has 2 atom stereocenters. The second-order valence-corrected chi connectivity index (χ2v) is 8.07. The van der Waals surface area contributed by atoms with E-state index < -0.39 is 0 Å². The predicted molar refractivity (Wildman–Crippen MR) is 109 cm³/mol. The molecule has 27 heavy (non-hydrogen) atoms. The summed E-state index contributed by atoms with van der Waals surface area (Å²) in [5.74, 6) is 1.03. The Kier molecular flexibility index (Phi) is 5.12. The zero-order valence-corrected chi connectivity index (χ0v) is 16.6. The third kappa shape index (κ3) is 3.98. The van der Waals surface area contributed by atoms with Crippen LogP contribution in [0.2, 0.25) is 5.02 Å². The number of benzene rings is 1. The monoisotopic (exact) mass is 402 g/mol. The summed E-state index contributed by atoms with van der Waals surface area (Å²) < 4.78 is 11.6. The molecule has 0 bridgehead atoms. The van der Waals surface area contributed by atoms with Crippen LogP contribution >= 0.6 is 23.4 Å². The molecule has 1 amide bonds. The van der Waals surface area contributed by atoms with Gasteiger partial charge in [-0.1, -0.05) is 23.7 Å². The number of hydrogen-bond acceptors (Lipinski definition) is 5. The summed E-state index contributed by atoms with van der Waals surface area (Å²) in [6.45, 7) is 5.52. The summed E-state index contributed by atoms with van der Waals surface area (Å²) in [5.41, 5.74) is 0.822. The Bertz CT molecular complexity index is 927. The molecular formula is C20H19ClN2O3S. The van der Waals surface area contributed by atoms with Crippen LogP contribution in [0.4, 0.5) is 0 Å². The van der Waals surface area contributed by atoms with Gasteiger partial charge in [-0.05, 0) is 49.9 Å². The second kappa shape index (κ2) is 7.54. The molecule has 0 aliphatic carbocycles. The van der Waals surface area contributed by atoms with Crippen LogP contribution in [-0.2, 0) is 9.53 Å². The molecule has 5 nitrogen and oxygen atoms in total. The van der Waals surface area contributed by atoms with E-state index in [-0.39, 0.29) is 18.1 Å². The van der Waals surface area contributed by atoms with Crippen molar-refractivity contribution in [3.8, 4) is 11.3 Å². The van der Waals surface area contributed by atoms with E-state index >= 15 is 0 Å². The standard InChI is InChI=1S/C20H19ClN2O3S/c1-12-10-23(11-13(2)25-12)20-22-19(24)18(27-20)9-14-7-8-17(26-14)15-5-3-4-6-16(15)21/h3-9,12-13H,10-11H2,1-2H3/b18-9+/t12-,13-/m0/s1. The van der Waals surface area contributed by atoms with Gasteiger partial charge in [-0.15, -0.1) is 0 Å². The van der Waals surface area contributed by atoms with E-state index in [1.54, 1.807) is 6.08 Å². The van der Waals surface area contributed by atoms with Crippen molar-refractivity contribution in [3.05, 3.63) is 52.1 Å². The number of aliphatic imine (C=N–C) groups is 1. The SMILES string of the molecule is C[C@H]1CN(C2=NC(=O)/C(=C\c3ccc(-c4ccccc4Cl)o3)S2)C[C@H](C)O1. The number of amides is 1. The van der Waals surface area contributed by atoms with Crippen LogP contribution in [0.25, 0.3) is 17.4 Å². The van der Waals surface area contributed by atoms with Crippen molar-refractivity contribution in [1.29, 1.82) is 0 Å². The van der Waals surface area contributed by atoms with Gasteiger partial charge in [0, 0.05) is 24.7 Å². The average Bonchev–Trinajstić information content (AvgIpc) is 3.22. The third-order valence-electron chi connectivity index (χ3n) is 4.34. The first-order valence-corrected chi connectivity index (χ1v) is 9.97. The quantitative estimate of drug-likeness (QED) is 0.682. The average molecular weight is 403 g/mol. The summed E-state index contributed by atoms with van der Waals surface area (Å²) in [7, 11) is 0. The molecule has 1 aromatic heterocycles. The Morgan fingerprint density at radius 2 is 1.93 bits per heavy atom. The maximum atomic E-state index is 12.3. The molecule has 140 valence electrons. The first kappa shape index (κ1) is 18.3. The van der Waals surface area contributed by atoms with Crippen molar-refractivity contribution >= 4 is 40.5 Å². The van der Waals surface area contributed by atoms with Crippen LogP contribution in [0.15, 0.2) is 50.7 Å². The number of carbonyl (C=O) groups excluding carboxylic acids is 1. The summed E-state index contributed by atoms with van der Waals surface area (Å²) in [6, 6.07) is 11.2. The Morgan fingerprint density at radius 3 is 2.67 bits per heavy atom. The van der Waals surface area contributed by atoms with Crippen LogP contribution in [0.1, 0.15) is 19.6 Å². The van der Waals surface area contributed by atoms with E-state index in [0.29, 0.717) is 21.4 Å². The molecule has 2 aliphatic rings. The first-order valence-electron chi connectivity index (χ1n) is 8.77. The molecule has 1 fully saturated rings. The number of hydrogen-bond donors (Lipinski definition) is 0. The maximum absolute atomic E-state index is 12.3. The largest absolute Gasteiger partial charge is 0.457 e. The van der Waals surface area contributed by atoms with Crippen LogP contribution in [0.3, 0.4) is 0 Å². The van der Waals surface area contributed by atoms with E-state index in [1.807, 2.05) is 50.2 Å². The zero-order chi connectivity index (χ0) is 19.0. The Morgan fingerprint density at radius 1 is 1.19 bits per heavy atom. The van der Waals surface area contributed by atoms with Crippen LogP contribution < -0.4 is 0 Å². The Hall–Kier alpha value is -2.02. The van der Waals surface area contributed by atoms with Crippen LogP contribution in [-0.4, -0.2) is 41.3 Å². The molecule has 0 radical (unpaired) electrons. The molecule has 4 rings (SSSR count). The van der Waals surface area contributed by atoms with Gasteiger partial charge >= 0.3 is 0 Å². The van der Waals surface area contributed by atoms with E-state index in [0.717, 1.165) is 23.8 Å². The van der Waals surface area contributed by atoms with Crippen LogP contribution in [0.5, 0.6) is 0 Å². The fourth-order valence-electron chi connectivity index (χ4n) is 3.23. The summed E-state index contributed by atoms with van der Waals surface area (Å²) in [4.78, 5) is 19.2. The van der Waals surface area contributed by atoms with E-state index in [2.05, 4.69) is 9.89 Å². The summed E-state index contributed by atoms with van der Waals surface area (Å²) in [5, 5.41) is 1.35. The maximum Gasteiger partial charge on any atom is 0.286 e. The van der Waals surface area contributed by atoms with Gasteiger partial charge < -0.3 is 14.1 Å².